The fraction of sp³-hybridized carbons (Fsp3) is 0.364. The highest BCUT2D eigenvalue weighted by Gasteiger charge is 2.21. The van der Waals surface area contributed by atoms with Crippen molar-refractivity contribution in [2.45, 2.75) is 18.2 Å². The van der Waals surface area contributed by atoms with E-state index >= 15 is 0 Å². The lowest BCUT2D eigenvalue weighted by atomic mass is 10.2. The molecule has 0 aliphatic heterocycles. The molecule has 106 valence electrons. The molecule has 0 aliphatic rings. The van der Waals surface area contributed by atoms with Crippen LogP contribution in [0.1, 0.15) is 23.7 Å². The Kier molecular flexibility index (Phi) is 5.20. The van der Waals surface area contributed by atoms with E-state index < -0.39 is 10.0 Å². The van der Waals surface area contributed by atoms with Gasteiger partial charge in [-0.1, -0.05) is 30.1 Å². The lowest BCUT2D eigenvalue weighted by Crippen LogP contribution is -2.27. The first-order chi connectivity index (χ1) is 8.68. The first-order valence-electron chi connectivity index (χ1n) is 5.45. The SMILES string of the molecule is CCCN(C)C(=O)c1cc(Cl)c(Cl)c(S(N)(=O)=O)c1. The number of nitrogens with two attached hydrogens (primary N) is 1. The van der Waals surface area contributed by atoms with Gasteiger partial charge in [-0.2, -0.15) is 0 Å². The minimum atomic E-state index is -4.04. The molecule has 0 bridgehead atoms. The average molecular weight is 325 g/mol. The van der Waals surface area contributed by atoms with E-state index in [-0.39, 0.29) is 26.4 Å². The zero-order valence-corrected chi connectivity index (χ0v) is 12.8. The summed E-state index contributed by atoms with van der Waals surface area (Å²) in [6.45, 7) is 2.47. The van der Waals surface area contributed by atoms with Crippen molar-refractivity contribution in [3.63, 3.8) is 0 Å². The summed E-state index contributed by atoms with van der Waals surface area (Å²) in [5, 5.41) is 4.83. The van der Waals surface area contributed by atoms with E-state index in [9.17, 15) is 13.2 Å². The van der Waals surface area contributed by atoms with Crippen LogP contribution >= 0.6 is 23.2 Å². The molecule has 1 rings (SSSR count). The average Bonchev–Trinajstić information content (AvgIpc) is 2.30. The Morgan fingerprint density at radius 1 is 1.37 bits per heavy atom. The molecule has 0 fully saturated rings. The molecule has 5 nitrogen and oxygen atoms in total. The summed E-state index contributed by atoms with van der Waals surface area (Å²) in [5.41, 5.74) is 0.134. The Labute approximate surface area is 122 Å². The van der Waals surface area contributed by atoms with Gasteiger partial charge < -0.3 is 4.90 Å². The Morgan fingerprint density at radius 3 is 2.42 bits per heavy atom. The van der Waals surface area contributed by atoms with Crippen LogP contribution in [-0.2, 0) is 10.0 Å². The molecule has 2 N–H and O–H groups in total. The van der Waals surface area contributed by atoms with Gasteiger partial charge in [0.2, 0.25) is 10.0 Å². The Morgan fingerprint density at radius 2 is 1.95 bits per heavy atom. The second-order valence-corrected chi connectivity index (χ2v) is 6.36. The van der Waals surface area contributed by atoms with Crippen molar-refractivity contribution in [2.24, 2.45) is 5.14 Å². The van der Waals surface area contributed by atoms with Crippen LogP contribution in [0.15, 0.2) is 17.0 Å². The minimum absolute atomic E-state index is 0.0264. The van der Waals surface area contributed by atoms with Crippen LogP contribution < -0.4 is 5.14 Å². The predicted octanol–water partition coefficient (Wildman–Crippen LogP) is 2.12. The molecule has 1 amide bonds. The molecule has 8 heteroatoms. The number of primary sulfonamides is 1. The van der Waals surface area contributed by atoms with E-state index in [2.05, 4.69) is 0 Å². The molecule has 1 aromatic rings. The summed E-state index contributed by atoms with van der Waals surface area (Å²) in [5.74, 6) is -0.342. The maximum atomic E-state index is 12.1. The third-order valence-corrected chi connectivity index (χ3v) is 4.30. The van der Waals surface area contributed by atoms with Crippen LogP contribution in [0, 0.1) is 0 Å². The maximum absolute atomic E-state index is 12.1. The smallest absolute Gasteiger partial charge is 0.253 e. The highest BCUT2D eigenvalue weighted by molar-refractivity contribution is 7.89. The van der Waals surface area contributed by atoms with Gasteiger partial charge >= 0.3 is 0 Å². The molecule has 0 saturated carbocycles. The molecule has 0 radical (unpaired) electrons. The van der Waals surface area contributed by atoms with Crippen LogP contribution in [-0.4, -0.2) is 32.8 Å². The summed E-state index contributed by atoms with van der Waals surface area (Å²) in [6.07, 6.45) is 0.783. The van der Waals surface area contributed by atoms with E-state index in [0.717, 1.165) is 12.5 Å². The van der Waals surface area contributed by atoms with Crippen molar-refractivity contribution >= 4 is 39.1 Å². The van der Waals surface area contributed by atoms with Gasteiger partial charge in [-0.3, -0.25) is 4.79 Å². The number of halogens is 2. The van der Waals surface area contributed by atoms with E-state index in [1.165, 1.54) is 11.0 Å². The fourth-order valence-corrected chi connectivity index (χ4v) is 2.91. The number of nitrogens with zero attached hydrogens (tertiary/aromatic N) is 1. The van der Waals surface area contributed by atoms with Gasteiger partial charge in [-0.15, -0.1) is 0 Å². The van der Waals surface area contributed by atoms with Crippen LogP contribution in [0.5, 0.6) is 0 Å². The molecular formula is C11H14Cl2N2O3S. The van der Waals surface area contributed by atoms with E-state index in [4.69, 9.17) is 28.3 Å². The molecule has 0 heterocycles. The fourth-order valence-electron chi connectivity index (χ4n) is 1.55. The number of sulfonamides is 1. The number of hydrogen-bond donors (Lipinski definition) is 1. The number of amides is 1. The predicted molar refractivity (Wildman–Crippen MR) is 75.1 cm³/mol. The third kappa shape index (κ3) is 3.82. The summed E-state index contributed by atoms with van der Waals surface area (Å²) in [7, 11) is -2.42. The van der Waals surface area contributed by atoms with Gasteiger partial charge in [0.05, 0.1) is 10.0 Å². The molecule has 0 unspecified atom stereocenters. The molecule has 0 saturated heterocycles. The first-order valence-corrected chi connectivity index (χ1v) is 7.76. The summed E-state index contributed by atoms with van der Waals surface area (Å²) >= 11 is 11.6. The van der Waals surface area contributed by atoms with Crippen LogP contribution in [0.3, 0.4) is 0 Å². The maximum Gasteiger partial charge on any atom is 0.253 e. The summed E-state index contributed by atoms with van der Waals surface area (Å²) in [4.78, 5) is 13.2. The Bertz CT molecular complexity index is 602. The minimum Gasteiger partial charge on any atom is -0.342 e. The second-order valence-electron chi connectivity index (χ2n) is 4.04. The monoisotopic (exact) mass is 324 g/mol. The van der Waals surface area contributed by atoms with Crippen molar-refractivity contribution in [1.29, 1.82) is 0 Å². The van der Waals surface area contributed by atoms with Gasteiger partial charge in [-0.05, 0) is 18.6 Å². The zero-order valence-electron chi connectivity index (χ0n) is 10.5. The van der Waals surface area contributed by atoms with E-state index in [1.54, 1.807) is 7.05 Å². The van der Waals surface area contributed by atoms with Gasteiger partial charge in [-0.25, -0.2) is 13.6 Å². The normalized spacial score (nSPS) is 11.4. The van der Waals surface area contributed by atoms with Gasteiger partial charge in [0, 0.05) is 19.2 Å². The second kappa shape index (κ2) is 6.09. The molecule has 19 heavy (non-hydrogen) atoms. The third-order valence-electron chi connectivity index (χ3n) is 2.45. The number of rotatable bonds is 4. The highest BCUT2D eigenvalue weighted by Crippen LogP contribution is 2.30. The van der Waals surface area contributed by atoms with Crippen molar-refractivity contribution in [2.75, 3.05) is 13.6 Å². The van der Waals surface area contributed by atoms with Crippen molar-refractivity contribution in [3.05, 3.63) is 27.7 Å². The van der Waals surface area contributed by atoms with Gasteiger partial charge in [0.1, 0.15) is 4.90 Å². The number of benzene rings is 1. The largest absolute Gasteiger partial charge is 0.342 e. The number of hydrogen-bond acceptors (Lipinski definition) is 3. The summed E-state index contributed by atoms with van der Waals surface area (Å²) in [6, 6.07) is 2.46. The van der Waals surface area contributed by atoms with Gasteiger partial charge in [0.25, 0.3) is 5.91 Å². The zero-order chi connectivity index (χ0) is 14.8. The molecule has 0 spiro atoms. The van der Waals surface area contributed by atoms with Crippen molar-refractivity contribution < 1.29 is 13.2 Å². The summed E-state index contributed by atoms with van der Waals surface area (Å²) < 4.78 is 22.8. The molecule has 0 atom stereocenters. The molecule has 1 aromatic carbocycles. The van der Waals surface area contributed by atoms with Crippen LogP contribution in [0.25, 0.3) is 0 Å². The van der Waals surface area contributed by atoms with Crippen LogP contribution in [0.4, 0.5) is 0 Å². The lowest BCUT2D eigenvalue weighted by Gasteiger charge is -2.17. The van der Waals surface area contributed by atoms with E-state index in [1.807, 2.05) is 6.92 Å². The number of carbonyl (C=O) groups excluding carboxylic acids is 1. The Hall–Kier alpha value is -0.820. The number of carbonyl (C=O) groups is 1. The Balaban J connectivity index is 3.33. The first kappa shape index (κ1) is 16.2. The van der Waals surface area contributed by atoms with Crippen molar-refractivity contribution in [1.82, 2.24) is 4.90 Å². The van der Waals surface area contributed by atoms with E-state index in [0.29, 0.717) is 6.54 Å². The standard InChI is InChI=1S/C11H14Cl2N2O3S/c1-3-4-15(2)11(16)7-5-8(12)10(13)9(6-7)19(14,17)18/h5-6H,3-4H2,1-2H3,(H2,14,17,18). The molecular weight excluding hydrogens is 311 g/mol. The quantitative estimate of drug-likeness (QED) is 0.921. The topological polar surface area (TPSA) is 80.5 Å². The molecule has 0 aromatic heterocycles. The van der Waals surface area contributed by atoms with Gasteiger partial charge in [0.15, 0.2) is 0 Å². The highest BCUT2D eigenvalue weighted by atomic mass is 35.5. The van der Waals surface area contributed by atoms with Crippen molar-refractivity contribution in [3.8, 4) is 0 Å². The van der Waals surface area contributed by atoms with Crippen LogP contribution in [0.2, 0.25) is 10.0 Å². The lowest BCUT2D eigenvalue weighted by molar-refractivity contribution is 0.0795. The molecule has 0 aliphatic carbocycles.